The molecule has 4 nitrogen and oxygen atoms in total. The third-order valence-electron chi connectivity index (χ3n) is 2.34. The van der Waals surface area contributed by atoms with E-state index in [0.29, 0.717) is 10.3 Å². The number of thiazole rings is 1. The molecule has 18 heavy (non-hydrogen) atoms. The number of nitrogens with zero attached hydrogens (tertiary/aromatic N) is 2. The minimum absolute atomic E-state index is 0.212. The molecule has 1 amide bonds. The van der Waals surface area contributed by atoms with Crippen LogP contribution in [0.25, 0.3) is 0 Å². The van der Waals surface area contributed by atoms with Crippen LogP contribution in [0.2, 0.25) is 0 Å². The number of aromatic nitrogens is 2. The first-order valence-electron chi connectivity index (χ1n) is 5.34. The van der Waals surface area contributed by atoms with E-state index in [2.05, 4.69) is 31.2 Å². The van der Waals surface area contributed by atoms with Crippen LogP contribution in [0, 0.1) is 0 Å². The van der Waals surface area contributed by atoms with Gasteiger partial charge in [-0.05, 0) is 41.9 Å². The van der Waals surface area contributed by atoms with E-state index in [1.165, 1.54) is 11.3 Å². The van der Waals surface area contributed by atoms with Crippen molar-refractivity contribution in [2.45, 2.75) is 19.4 Å². The van der Waals surface area contributed by atoms with Gasteiger partial charge in [-0.25, -0.2) is 9.97 Å². The van der Waals surface area contributed by atoms with E-state index >= 15 is 0 Å². The lowest BCUT2D eigenvalue weighted by Gasteiger charge is -2.23. The number of nitrogens with one attached hydrogen (secondary N) is 1. The highest BCUT2D eigenvalue weighted by atomic mass is 79.9. The highest BCUT2D eigenvalue weighted by molar-refractivity contribution is 9.10. The summed E-state index contributed by atoms with van der Waals surface area (Å²) in [7, 11) is 0. The number of halogens is 1. The number of amides is 1. The van der Waals surface area contributed by atoms with Crippen LogP contribution in [-0.2, 0) is 5.54 Å². The predicted molar refractivity (Wildman–Crippen MR) is 74.5 cm³/mol. The van der Waals surface area contributed by atoms with Crippen molar-refractivity contribution < 1.29 is 4.79 Å². The third-order valence-corrected chi connectivity index (χ3v) is 3.88. The number of hydrogen-bond acceptors (Lipinski definition) is 4. The van der Waals surface area contributed by atoms with E-state index in [1.54, 1.807) is 24.4 Å². The van der Waals surface area contributed by atoms with Crippen molar-refractivity contribution in [3.05, 3.63) is 45.1 Å². The van der Waals surface area contributed by atoms with E-state index in [1.807, 2.05) is 19.2 Å². The maximum absolute atomic E-state index is 12.1. The van der Waals surface area contributed by atoms with Gasteiger partial charge in [0, 0.05) is 11.6 Å². The summed E-state index contributed by atoms with van der Waals surface area (Å²) in [6.07, 6.45) is 1.73. The summed E-state index contributed by atoms with van der Waals surface area (Å²) >= 11 is 4.76. The lowest BCUT2D eigenvalue weighted by Crippen LogP contribution is -2.41. The van der Waals surface area contributed by atoms with Crippen molar-refractivity contribution in [3.8, 4) is 0 Å². The van der Waals surface area contributed by atoms with Crippen LogP contribution in [-0.4, -0.2) is 15.9 Å². The molecule has 0 fully saturated rings. The molecule has 0 aliphatic heterocycles. The Morgan fingerprint density at radius 1 is 1.44 bits per heavy atom. The maximum atomic E-state index is 12.1. The predicted octanol–water partition coefficient (Wildman–Crippen LogP) is 2.97. The van der Waals surface area contributed by atoms with Crippen molar-refractivity contribution in [2.24, 2.45) is 0 Å². The second-order valence-electron chi connectivity index (χ2n) is 4.26. The number of pyridine rings is 1. The fourth-order valence-corrected chi connectivity index (χ4v) is 2.53. The molecule has 0 aromatic carbocycles. The van der Waals surface area contributed by atoms with Crippen LogP contribution in [0.5, 0.6) is 0 Å². The van der Waals surface area contributed by atoms with E-state index < -0.39 is 5.54 Å². The van der Waals surface area contributed by atoms with Gasteiger partial charge in [-0.1, -0.05) is 6.07 Å². The van der Waals surface area contributed by atoms with Crippen molar-refractivity contribution in [1.29, 1.82) is 0 Å². The molecule has 94 valence electrons. The molecule has 1 N–H and O–H groups in total. The molecule has 0 atom stereocenters. The Balaban J connectivity index is 2.17. The molecule has 0 saturated carbocycles. The van der Waals surface area contributed by atoms with Crippen LogP contribution in [0.1, 0.15) is 29.3 Å². The highest BCUT2D eigenvalue weighted by Crippen LogP contribution is 2.22. The lowest BCUT2D eigenvalue weighted by molar-refractivity contribution is 0.0906. The zero-order valence-corrected chi connectivity index (χ0v) is 12.4. The summed E-state index contributed by atoms with van der Waals surface area (Å²) in [5.74, 6) is -0.212. The van der Waals surface area contributed by atoms with Crippen molar-refractivity contribution >= 4 is 33.2 Å². The topological polar surface area (TPSA) is 54.9 Å². The van der Waals surface area contributed by atoms with Gasteiger partial charge in [-0.3, -0.25) is 4.79 Å². The Morgan fingerprint density at radius 3 is 2.83 bits per heavy atom. The van der Waals surface area contributed by atoms with E-state index in [9.17, 15) is 4.79 Å². The Bertz CT molecular complexity index is 554. The quantitative estimate of drug-likeness (QED) is 0.882. The molecule has 2 heterocycles. The molecule has 2 aromatic heterocycles. The van der Waals surface area contributed by atoms with Crippen LogP contribution >= 0.6 is 27.3 Å². The molecule has 0 saturated heterocycles. The number of carbonyl (C=O) groups is 1. The van der Waals surface area contributed by atoms with Gasteiger partial charge < -0.3 is 5.32 Å². The number of carbonyl (C=O) groups excluding carboxylic acids is 1. The number of rotatable bonds is 3. The molecule has 2 rings (SSSR count). The molecule has 2 aromatic rings. The van der Waals surface area contributed by atoms with Crippen molar-refractivity contribution in [1.82, 2.24) is 15.3 Å². The first kappa shape index (κ1) is 13.2. The minimum Gasteiger partial charge on any atom is -0.339 e. The summed E-state index contributed by atoms with van der Waals surface area (Å²) in [4.78, 5) is 20.4. The normalized spacial score (nSPS) is 11.3. The van der Waals surface area contributed by atoms with Gasteiger partial charge in [0.1, 0.15) is 15.3 Å². The van der Waals surface area contributed by atoms with Crippen molar-refractivity contribution in [2.75, 3.05) is 0 Å². The summed E-state index contributed by atoms with van der Waals surface area (Å²) < 4.78 is 0.641. The monoisotopic (exact) mass is 325 g/mol. The van der Waals surface area contributed by atoms with Crippen LogP contribution in [0.15, 0.2) is 34.4 Å². The smallest absolute Gasteiger partial charge is 0.270 e. The fourth-order valence-electron chi connectivity index (χ4n) is 1.47. The van der Waals surface area contributed by atoms with Crippen molar-refractivity contribution in [3.63, 3.8) is 0 Å². The molecule has 0 spiro atoms. The Hall–Kier alpha value is -1.27. The standard InChI is InChI=1S/C12H12BrN3OS/c1-12(2,11-14-6-7-18-11)16-10(17)8-4-3-5-9(13)15-8/h3-7H,1-2H3,(H,16,17). The Morgan fingerprint density at radius 2 is 2.22 bits per heavy atom. The lowest BCUT2D eigenvalue weighted by atomic mass is 10.1. The average molecular weight is 326 g/mol. The van der Waals surface area contributed by atoms with Crippen LogP contribution in [0.4, 0.5) is 0 Å². The molecule has 0 aliphatic carbocycles. The minimum atomic E-state index is -0.505. The van der Waals surface area contributed by atoms with Crippen LogP contribution in [0.3, 0.4) is 0 Å². The van der Waals surface area contributed by atoms with E-state index in [4.69, 9.17) is 0 Å². The Labute approximate surface area is 118 Å². The van der Waals surface area contributed by atoms with Gasteiger partial charge in [0.2, 0.25) is 0 Å². The SMILES string of the molecule is CC(C)(NC(=O)c1cccc(Br)n1)c1nccs1. The third kappa shape index (κ3) is 2.94. The zero-order valence-electron chi connectivity index (χ0n) is 9.98. The van der Waals surface area contributed by atoms with Gasteiger partial charge in [0.25, 0.3) is 5.91 Å². The Kier molecular flexibility index (Phi) is 3.77. The first-order chi connectivity index (χ1) is 8.49. The molecule has 0 aliphatic rings. The maximum Gasteiger partial charge on any atom is 0.270 e. The van der Waals surface area contributed by atoms with E-state index in [0.717, 1.165) is 5.01 Å². The van der Waals surface area contributed by atoms with Gasteiger partial charge in [0.15, 0.2) is 0 Å². The first-order valence-corrected chi connectivity index (χ1v) is 7.01. The fraction of sp³-hybridized carbons (Fsp3) is 0.250. The molecule has 0 bridgehead atoms. The second kappa shape index (κ2) is 5.16. The average Bonchev–Trinajstić information content (AvgIpc) is 2.82. The highest BCUT2D eigenvalue weighted by Gasteiger charge is 2.26. The zero-order chi connectivity index (χ0) is 13.2. The summed E-state index contributed by atoms with van der Waals surface area (Å²) in [5, 5.41) is 5.68. The van der Waals surface area contributed by atoms with Crippen LogP contribution < -0.4 is 5.32 Å². The molecular formula is C12H12BrN3OS. The van der Waals surface area contributed by atoms with Gasteiger partial charge in [-0.15, -0.1) is 11.3 Å². The van der Waals surface area contributed by atoms with Gasteiger partial charge in [-0.2, -0.15) is 0 Å². The molecule has 6 heteroatoms. The largest absolute Gasteiger partial charge is 0.339 e. The van der Waals surface area contributed by atoms with Gasteiger partial charge in [0.05, 0.1) is 5.54 Å². The van der Waals surface area contributed by atoms with Gasteiger partial charge >= 0.3 is 0 Å². The molecule has 0 unspecified atom stereocenters. The molecule has 0 radical (unpaired) electrons. The summed E-state index contributed by atoms with van der Waals surface area (Å²) in [6.45, 7) is 3.84. The van der Waals surface area contributed by atoms with E-state index in [-0.39, 0.29) is 5.91 Å². The number of hydrogen-bond donors (Lipinski definition) is 1. The second-order valence-corrected chi connectivity index (χ2v) is 5.97. The summed E-state index contributed by atoms with van der Waals surface area (Å²) in [6, 6.07) is 5.24. The summed E-state index contributed by atoms with van der Waals surface area (Å²) in [5.41, 5.74) is -0.121. The molecular weight excluding hydrogens is 314 g/mol.